The van der Waals surface area contributed by atoms with Crippen molar-refractivity contribution in [1.82, 2.24) is 14.8 Å². The Hall–Kier alpha value is -2.32. The molecular weight excluding hydrogens is 387 g/mol. The summed E-state index contributed by atoms with van der Waals surface area (Å²) >= 11 is 0. The van der Waals surface area contributed by atoms with E-state index in [-0.39, 0.29) is 17.2 Å². The molecule has 1 saturated heterocycles. The average molecular weight is 413 g/mol. The molecule has 2 aliphatic rings. The number of hydrogen-bond donors (Lipinski definition) is 1. The molecule has 0 bridgehead atoms. The number of alkyl halides is 3. The number of Topliss-reactive ketones (excluding diaryl/α,β-unsaturated/α-hetero) is 1. The molecule has 0 spiro atoms. The van der Waals surface area contributed by atoms with Crippen molar-refractivity contribution in [3.8, 4) is 0 Å². The fourth-order valence-corrected chi connectivity index (χ4v) is 4.55. The fourth-order valence-electron chi connectivity index (χ4n) is 4.55. The van der Waals surface area contributed by atoms with Gasteiger partial charge in [-0.1, -0.05) is 19.3 Å². The van der Waals surface area contributed by atoms with Crippen LogP contribution in [0.1, 0.15) is 60.8 Å². The van der Waals surface area contributed by atoms with E-state index in [0.717, 1.165) is 41.6 Å². The molecule has 1 aliphatic heterocycles. The minimum Gasteiger partial charge on any atom is -0.339 e. The second kappa shape index (κ2) is 7.50. The first kappa shape index (κ1) is 21.4. The highest BCUT2D eigenvalue weighted by atomic mass is 19.4. The normalized spacial score (nSPS) is 23.6. The summed E-state index contributed by atoms with van der Waals surface area (Å²) in [6, 6.07) is 0.753. The van der Waals surface area contributed by atoms with Gasteiger partial charge in [-0.25, -0.2) is 4.79 Å². The summed E-state index contributed by atoms with van der Waals surface area (Å²) < 4.78 is 39.4. The number of hydrogen-bond acceptors (Lipinski definition) is 3. The molecule has 1 N–H and O–H groups in total. The van der Waals surface area contributed by atoms with Crippen molar-refractivity contribution in [1.29, 1.82) is 0 Å². The summed E-state index contributed by atoms with van der Waals surface area (Å²) in [4.78, 5) is 39.1. The highest BCUT2D eigenvalue weighted by Crippen LogP contribution is 2.36. The van der Waals surface area contributed by atoms with Crippen molar-refractivity contribution >= 4 is 17.7 Å². The molecule has 9 heteroatoms. The number of rotatable bonds is 5. The number of amides is 3. The summed E-state index contributed by atoms with van der Waals surface area (Å²) in [5.41, 5.74) is -0.469. The van der Waals surface area contributed by atoms with Gasteiger partial charge in [0.25, 0.3) is 5.91 Å². The van der Waals surface area contributed by atoms with E-state index in [4.69, 9.17) is 0 Å². The van der Waals surface area contributed by atoms with Gasteiger partial charge >= 0.3 is 12.2 Å². The fraction of sp³-hybridized carbons (Fsp3) is 0.650. The van der Waals surface area contributed by atoms with Crippen LogP contribution in [0.3, 0.4) is 0 Å². The average Bonchev–Trinajstić information content (AvgIpc) is 3.04. The highest BCUT2D eigenvalue weighted by Gasteiger charge is 2.52. The minimum absolute atomic E-state index is 0.0182. The molecule has 1 atom stereocenters. The third-order valence-corrected chi connectivity index (χ3v) is 6.24. The number of urea groups is 1. The molecule has 3 rings (SSSR count). The molecule has 2 fully saturated rings. The molecular formula is C20H26F3N3O3. The number of carbonyl (C=O) groups is 3. The lowest BCUT2D eigenvalue weighted by Gasteiger charge is -2.34. The van der Waals surface area contributed by atoms with Crippen LogP contribution in [0, 0.1) is 19.8 Å². The Balaban J connectivity index is 1.78. The number of carbonyl (C=O) groups excluding carboxylic acids is 3. The molecule has 6 nitrogen and oxygen atoms in total. The van der Waals surface area contributed by atoms with Crippen LogP contribution in [0.2, 0.25) is 0 Å². The molecule has 2 heterocycles. The molecule has 160 valence electrons. The highest BCUT2D eigenvalue weighted by molar-refractivity contribution is 6.11. The van der Waals surface area contributed by atoms with Gasteiger partial charge in [-0.15, -0.1) is 0 Å². The van der Waals surface area contributed by atoms with Crippen LogP contribution < -0.4 is 5.32 Å². The maximum atomic E-state index is 13.0. The Kier molecular flexibility index (Phi) is 5.53. The minimum atomic E-state index is -4.42. The number of nitrogens with one attached hydrogen (secondary N) is 1. The standard InChI is InChI=1S/C20H26F3N3O3/c1-12-9-15(13(2)26(12)11-20(21,22)23)16(27)10-25-17(28)19(3,24-18(25)29)14-7-5-4-6-8-14/h9,14H,4-8,10-11H2,1-3H3,(H,24,29)/t19-/m1/s1. The number of halogens is 3. The molecule has 1 aromatic heterocycles. The lowest BCUT2D eigenvalue weighted by atomic mass is 9.75. The number of aromatic nitrogens is 1. The van der Waals surface area contributed by atoms with Crippen LogP contribution in [0.5, 0.6) is 0 Å². The summed E-state index contributed by atoms with van der Waals surface area (Å²) in [5, 5.41) is 2.75. The van der Waals surface area contributed by atoms with Gasteiger partial charge in [-0.2, -0.15) is 13.2 Å². The zero-order valence-electron chi connectivity index (χ0n) is 16.9. The second-order valence-electron chi connectivity index (χ2n) is 8.27. The lowest BCUT2D eigenvalue weighted by Crippen LogP contribution is -2.51. The number of nitrogens with zero attached hydrogens (tertiary/aromatic N) is 2. The first-order valence-electron chi connectivity index (χ1n) is 9.85. The molecule has 0 radical (unpaired) electrons. The third-order valence-electron chi connectivity index (χ3n) is 6.24. The van der Waals surface area contributed by atoms with Crippen LogP contribution in [-0.4, -0.2) is 45.4 Å². The summed E-state index contributed by atoms with van der Waals surface area (Å²) in [6.45, 7) is 2.94. The Morgan fingerprint density at radius 1 is 1.21 bits per heavy atom. The topological polar surface area (TPSA) is 71.4 Å². The van der Waals surface area contributed by atoms with Crippen LogP contribution >= 0.6 is 0 Å². The van der Waals surface area contributed by atoms with E-state index in [1.54, 1.807) is 6.92 Å². The van der Waals surface area contributed by atoms with Gasteiger partial charge in [0.05, 0.1) is 6.54 Å². The van der Waals surface area contributed by atoms with E-state index >= 15 is 0 Å². The predicted octanol–water partition coefficient (Wildman–Crippen LogP) is 3.74. The maximum absolute atomic E-state index is 13.0. The first-order chi connectivity index (χ1) is 13.4. The van der Waals surface area contributed by atoms with E-state index in [0.29, 0.717) is 5.69 Å². The van der Waals surface area contributed by atoms with Crippen LogP contribution in [0.4, 0.5) is 18.0 Å². The van der Waals surface area contributed by atoms with Crippen molar-refractivity contribution in [2.75, 3.05) is 6.54 Å². The molecule has 3 amide bonds. The van der Waals surface area contributed by atoms with E-state index in [2.05, 4.69) is 5.32 Å². The Bertz CT molecular complexity index is 840. The SMILES string of the molecule is Cc1cc(C(=O)CN2C(=O)N[C@](C)(C3CCCCC3)C2=O)c(C)n1CC(F)(F)F. The zero-order chi connectivity index (χ0) is 21.6. The molecule has 1 aromatic rings. The van der Waals surface area contributed by atoms with Gasteiger partial charge in [-0.05, 0) is 45.6 Å². The third kappa shape index (κ3) is 4.04. The summed E-state index contributed by atoms with van der Waals surface area (Å²) in [5.74, 6) is -0.973. The van der Waals surface area contributed by atoms with Crippen molar-refractivity contribution in [2.24, 2.45) is 5.92 Å². The van der Waals surface area contributed by atoms with Gasteiger partial charge in [0, 0.05) is 17.0 Å². The Morgan fingerprint density at radius 2 is 1.83 bits per heavy atom. The van der Waals surface area contributed by atoms with Crippen molar-refractivity contribution in [2.45, 2.75) is 71.1 Å². The number of imide groups is 1. The van der Waals surface area contributed by atoms with Crippen LogP contribution in [0.25, 0.3) is 0 Å². The van der Waals surface area contributed by atoms with Gasteiger partial charge in [0.1, 0.15) is 12.1 Å². The maximum Gasteiger partial charge on any atom is 0.406 e. The van der Waals surface area contributed by atoms with E-state index in [9.17, 15) is 27.6 Å². The van der Waals surface area contributed by atoms with Crippen LogP contribution in [-0.2, 0) is 11.3 Å². The molecule has 0 aromatic carbocycles. The van der Waals surface area contributed by atoms with Crippen molar-refractivity contribution < 1.29 is 27.6 Å². The van der Waals surface area contributed by atoms with E-state index < -0.39 is 42.5 Å². The molecule has 1 saturated carbocycles. The zero-order valence-corrected chi connectivity index (χ0v) is 16.9. The smallest absolute Gasteiger partial charge is 0.339 e. The first-order valence-corrected chi connectivity index (χ1v) is 9.85. The van der Waals surface area contributed by atoms with Crippen molar-refractivity contribution in [3.05, 3.63) is 23.0 Å². The second-order valence-corrected chi connectivity index (χ2v) is 8.27. The van der Waals surface area contributed by atoms with Gasteiger partial charge in [0.15, 0.2) is 5.78 Å². The quantitative estimate of drug-likeness (QED) is 0.591. The van der Waals surface area contributed by atoms with Crippen LogP contribution in [0.15, 0.2) is 6.07 Å². The molecule has 29 heavy (non-hydrogen) atoms. The number of ketones is 1. The summed E-state index contributed by atoms with van der Waals surface area (Å²) in [7, 11) is 0. The largest absolute Gasteiger partial charge is 0.406 e. The van der Waals surface area contributed by atoms with Crippen molar-refractivity contribution in [3.63, 3.8) is 0 Å². The van der Waals surface area contributed by atoms with Gasteiger partial charge < -0.3 is 9.88 Å². The molecule has 1 aliphatic carbocycles. The van der Waals surface area contributed by atoms with E-state index in [1.165, 1.54) is 19.9 Å². The predicted molar refractivity (Wildman–Crippen MR) is 99.5 cm³/mol. The molecule has 0 unspecified atom stereocenters. The lowest BCUT2D eigenvalue weighted by molar-refractivity contribution is -0.141. The number of aryl methyl sites for hydroxylation is 1. The Morgan fingerprint density at radius 3 is 2.41 bits per heavy atom. The monoisotopic (exact) mass is 413 g/mol. The van der Waals surface area contributed by atoms with E-state index in [1.807, 2.05) is 0 Å². The Labute approximate surface area is 167 Å². The van der Waals surface area contributed by atoms with Gasteiger partial charge in [-0.3, -0.25) is 14.5 Å². The van der Waals surface area contributed by atoms with Gasteiger partial charge in [0.2, 0.25) is 0 Å². The summed E-state index contributed by atoms with van der Waals surface area (Å²) in [6.07, 6.45) is 0.346.